The van der Waals surface area contributed by atoms with Gasteiger partial charge in [-0.15, -0.1) is 0 Å². The van der Waals surface area contributed by atoms with E-state index < -0.39 is 12.1 Å². The van der Waals surface area contributed by atoms with Gasteiger partial charge in [-0.25, -0.2) is 9.45 Å². The average Bonchev–Trinajstić information content (AvgIpc) is 3.16. The van der Waals surface area contributed by atoms with Gasteiger partial charge in [-0.05, 0) is 41.8 Å². The summed E-state index contributed by atoms with van der Waals surface area (Å²) >= 11 is 0. The summed E-state index contributed by atoms with van der Waals surface area (Å²) in [6.45, 7) is 0.145. The summed E-state index contributed by atoms with van der Waals surface area (Å²) in [6, 6.07) is 13.5. The zero-order chi connectivity index (χ0) is 22.4. The van der Waals surface area contributed by atoms with Gasteiger partial charge in [-0.3, -0.25) is 10.0 Å². The number of carbonyl (C=O) groups excluding carboxylic acids is 1. The third-order valence-corrected chi connectivity index (χ3v) is 5.03. The van der Waals surface area contributed by atoms with Gasteiger partial charge >= 0.3 is 0 Å². The number of benzene rings is 2. The molecule has 3 rings (SSSR count). The molecule has 1 unspecified atom stereocenters. The number of aliphatic hydroxyl groups excluding tert-OH is 1. The van der Waals surface area contributed by atoms with E-state index in [1.165, 1.54) is 12.1 Å². The second-order valence-electron chi connectivity index (χ2n) is 7.05. The highest BCUT2D eigenvalue weighted by Crippen LogP contribution is 2.33. The van der Waals surface area contributed by atoms with E-state index in [4.69, 9.17) is 9.84 Å². The Morgan fingerprint density at radius 3 is 2.48 bits per heavy atom. The van der Waals surface area contributed by atoms with Gasteiger partial charge in [0.2, 0.25) is 0 Å². The number of ether oxygens (including phenoxy) is 1. The highest BCUT2D eigenvalue weighted by Gasteiger charge is 2.37. The molecule has 0 aromatic heterocycles. The van der Waals surface area contributed by atoms with Crippen molar-refractivity contribution in [3.05, 3.63) is 77.0 Å². The first-order chi connectivity index (χ1) is 15.0. The Bertz CT molecular complexity index is 918. The van der Waals surface area contributed by atoms with Crippen LogP contribution in [0, 0.1) is 5.82 Å². The lowest BCUT2D eigenvalue weighted by molar-refractivity contribution is -0.163. The molecule has 1 aliphatic rings. The molecule has 0 radical (unpaired) electrons. The van der Waals surface area contributed by atoms with E-state index in [0.29, 0.717) is 23.2 Å². The lowest BCUT2D eigenvalue weighted by Crippen LogP contribution is -2.37. The summed E-state index contributed by atoms with van der Waals surface area (Å²) in [4.78, 5) is 14.9. The lowest BCUT2D eigenvalue weighted by Gasteiger charge is -2.30. The van der Waals surface area contributed by atoms with E-state index in [-0.39, 0.29) is 31.1 Å². The smallest absolute Gasteiger partial charge is 0.297 e. The van der Waals surface area contributed by atoms with Crippen molar-refractivity contribution in [2.24, 2.45) is 0 Å². The SMILES string of the molecule is CNC1=C(C(=O)N(O)CCCO)N(Cc2ccc(F)cc2)C(c2ccc(OC)cc2)N1. The number of rotatable bonds is 9. The Balaban J connectivity index is 1.97. The maximum Gasteiger partial charge on any atom is 0.297 e. The van der Waals surface area contributed by atoms with Crippen LogP contribution in [0.25, 0.3) is 0 Å². The Morgan fingerprint density at radius 1 is 1.23 bits per heavy atom. The van der Waals surface area contributed by atoms with E-state index in [1.54, 1.807) is 26.3 Å². The number of halogens is 1. The number of hydrogen-bond donors (Lipinski definition) is 4. The number of nitrogens with one attached hydrogen (secondary N) is 2. The fourth-order valence-electron chi connectivity index (χ4n) is 3.43. The highest BCUT2D eigenvalue weighted by molar-refractivity contribution is 5.93. The zero-order valence-electron chi connectivity index (χ0n) is 17.5. The van der Waals surface area contributed by atoms with Crippen LogP contribution >= 0.6 is 0 Å². The maximum atomic E-state index is 13.4. The Kier molecular flexibility index (Phi) is 7.32. The normalized spacial score (nSPS) is 15.6. The topological polar surface area (TPSA) is 97.3 Å². The predicted molar refractivity (Wildman–Crippen MR) is 112 cm³/mol. The molecule has 2 aromatic rings. The number of carbonyl (C=O) groups is 1. The van der Waals surface area contributed by atoms with Crippen molar-refractivity contribution in [2.45, 2.75) is 19.1 Å². The standard InChI is InChI=1S/C22H27FN4O4/c1-24-20-19(22(29)27(30)12-3-13-28)26(14-15-4-8-17(23)9-5-15)21(25-20)16-6-10-18(31-2)11-7-16/h4-11,21,24-25,28,30H,3,12-14H2,1-2H3. The third kappa shape index (κ3) is 5.07. The average molecular weight is 430 g/mol. The minimum atomic E-state index is -0.608. The van der Waals surface area contributed by atoms with Gasteiger partial charge in [-0.2, -0.15) is 0 Å². The molecule has 8 nitrogen and oxygen atoms in total. The number of amides is 1. The summed E-state index contributed by atoms with van der Waals surface area (Å²) < 4.78 is 18.6. The molecule has 0 fully saturated rings. The van der Waals surface area contributed by atoms with E-state index >= 15 is 0 Å². The van der Waals surface area contributed by atoms with Crippen LogP contribution in [0.1, 0.15) is 23.7 Å². The van der Waals surface area contributed by atoms with Crippen LogP contribution in [0.3, 0.4) is 0 Å². The predicted octanol–water partition coefficient (Wildman–Crippen LogP) is 1.93. The molecular weight excluding hydrogens is 403 g/mol. The van der Waals surface area contributed by atoms with Crippen molar-refractivity contribution in [3.8, 4) is 5.75 Å². The molecule has 1 aliphatic heterocycles. The van der Waals surface area contributed by atoms with Gasteiger partial charge in [0.25, 0.3) is 5.91 Å². The van der Waals surface area contributed by atoms with Crippen LogP contribution in [0.2, 0.25) is 0 Å². The molecule has 1 amide bonds. The van der Waals surface area contributed by atoms with Gasteiger partial charge in [0.05, 0.1) is 13.7 Å². The number of methoxy groups -OCH3 is 1. The van der Waals surface area contributed by atoms with Gasteiger partial charge in [0.1, 0.15) is 29.3 Å². The minimum Gasteiger partial charge on any atom is -0.497 e. The van der Waals surface area contributed by atoms with Gasteiger partial charge in [0, 0.05) is 20.2 Å². The van der Waals surface area contributed by atoms with Crippen LogP contribution in [0.5, 0.6) is 5.75 Å². The fourth-order valence-corrected chi connectivity index (χ4v) is 3.43. The van der Waals surface area contributed by atoms with Crippen LogP contribution < -0.4 is 15.4 Å². The van der Waals surface area contributed by atoms with Crippen LogP contribution in [-0.2, 0) is 11.3 Å². The first-order valence-electron chi connectivity index (χ1n) is 9.93. The Labute approximate surface area is 180 Å². The monoisotopic (exact) mass is 430 g/mol. The Morgan fingerprint density at radius 2 is 1.90 bits per heavy atom. The molecule has 1 atom stereocenters. The summed E-state index contributed by atoms with van der Waals surface area (Å²) in [5.74, 6) is 0.207. The number of nitrogens with zero attached hydrogens (tertiary/aromatic N) is 2. The van der Waals surface area contributed by atoms with Gasteiger partial charge in [-0.1, -0.05) is 24.3 Å². The van der Waals surface area contributed by atoms with Crippen LogP contribution in [0.4, 0.5) is 4.39 Å². The van der Waals surface area contributed by atoms with Crippen molar-refractivity contribution < 1.29 is 24.2 Å². The molecule has 0 saturated carbocycles. The zero-order valence-corrected chi connectivity index (χ0v) is 17.5. The third-order valence-electron chi connectivity index (χ3n) is 5.03. The van der Waals surface area contributed by atoms with E-state index in [9.17, 15) is 14.4 Å². The highest BCUT2D eigenvalue weighted by atomic mass is 19.1. The molecule has 4 N–H and O–H groups in total. The summed E-state index contributed by atoms with van der Waals surface area (Å²) in [6.07, 6.45) is -0.166. The van der Waals surface area contributed by atoms with E-state index in [1.807, 2.05) is 29.2 Å². The largest absolute Gasteiger partial charge is 0.497 e. The van der Waals surface area contributed by atoms with E-state index in [2.05, 4.69) is 10.6 Å². The molecule has 2 aromatic carbocycles. The number of aliphatic hydroxyl groups is 1. The quantitative estimate of drug-likeness (QED) is 0.357. The molecule has 9 heteroatoms. The number of hydrogen-bond acceptors (Lipinski definition) is 7. The van der Waals surface area contributed by atoms with Crippen LogP contribution in [0.15, 0.2) is 60.0 Å². The van der Waals surface area contributed by atoms with Crippen molar-refractivity contribution in [1.29, 1.82) is 0 Å². The first kappa shape index (κ1) is 22.4. The van der Waals surface area contributed by atoms with Crippen molar-refractivity contribution in [2.75, 3.05) is 27.3 Å². The summed E-state index contributed by atoms with van der Waals surface area (Å²) in [5.41, 5.74) is 1.91. The summed E-state index contributed by atoms with van der Waals surface area (Å²) in [7, 11) is 3.26. The fraction of sp³-hybridized carbons (Fsp3) is 0.318. The first-order valence-corrected chi connectivity index (χ1v) is 9.93. The molecule has 1 heterocycles. The molecule has 31 heavy (non-hydrogen) atoms. The molecule has 0 bridgehead atoms. The molecule has 0 saturated heterocycles. The summed E-state index contributed by atoms with van der Waals surface area (Å²) in [5, 5.41) is 26.2. The van der Waals surface area contributed by atoms with Gasteiger partial charge < -0.3 is 25.4 Å². The minimum absolute atomic E-state index is 0.00653. The van der Waals surface area contributed by atoms with Crippen molar-refractivity contribution in [1.82, 2.24) is 20.6 Å². The molecule has 0 aliphatic carbocycles. The van der Waals surface area contributed by atoms with Gasteiger partial charge in [0.15, 0.2) is 0 Å². The Hall–Kier alpha value is -3.30. The van der Waals surface area contributed by atoms with Crippen LogP contribution in [-0.4, -0.2) is 53.5 Å². The lowest BCUT2D eigenvalue weighted by atomic mass is 10.1. The van der Waals surface area contributed by atoms with E-state index in [0.717, 1.165) is 11.1 Å². The maximum absolute atomic E-state index is 13.4. The second-order valence-corrected chi connectivity index (χ2v) is 7.05. The second kappa shape index (κ2) is 10.1. The molecular formula is C22H27FN4O4. The van der Waals surface area contributed by atoms with Crippen molar-refractivity contribution >= 4 is 5.91 Å². The number of hydroxylamine groups is 2. The van der Waals surface area contributed by atoms with Crippen molar-refractivity contribution in [3.63, 3.8) is 0 Å². The molecule has 0 spiro atoms. The molecule has 166 valence electrons.